The summed E-state index contributed by atoms with van der Waals surface area (Å²) in [7, 11) is 3.11. The summed E-state index contributed by atoms with van der Waals surface area (Å²) in [5, 5.41) is 0. The molecule has 1 aliphatic heterocycles. The van der Waals surface area contributed by atoms with E-state index >= 15 is 0 Å². The molecule has 0 atom stereocenters. The van der Waals surface area contributed by atoms with Crippen molar-refractivity contribution in [3.63, 3.8) is 0 Å². The second-order valence-corrected chi connectivity index (χ2v) is 7.34. The molecule has 2 aliphatic rings. The quantitative estimate of drug-likeness (QED) is 0.813. The maximum Gasteiger partial charge on any atom is 0.261 e. The number of benzene rings is 1. The van der Waals surface area contributed by atoms with Crippen molar-refractivity contribution in [2.45, 2.75) is 38.5 Å². The normalized spacial score (nSPS) is 18.7. The van der Waals surface area contributed by atoms with Crippen molar-refractivity contribution < 1.29 is 19.1 Å². The lowest BCUT2D eigenvalue weighted by molar-refractivity contribution is -0.136. The second kappa shape index (κ2) is 9.11. The highest BCUT2D eigenvalue weighted by molar-refractivity contribution is 5.99. The van der Waals surface area contributed by atoms with E-state index in [1.165, 1.54) is 6.42 Å². The molecule has 27 heavy (non-hydrogen) atoms. The molecule has 1 saturated carbocycles. The van der Waals surface area contributed by atoms with Gasteiger partial charge in [-0.3, -0.25) is 9.59 Å². The fraction of sp³-hybridized carbons (Fsp3) is 0.619. The van der Waals surface area contributed by atoms with E-state index in [1.807, 2.05) is 9.80 Å². The molecule has 2 amide bonds. The van der Waals surface area contributed by atoms with Crippen molar-refractivity contribution in [1.29, 1.82) is 0 Å². The molecule has 0 radical (unpaired) electrons. The summed E-state index contributed by atoms with van der Waals surface area (Å²) in [4.78, 5) is 29.8. The van der Waals surface area contributed by atoms with E-state index in [-0.39, 0.29) is 17.7 Å². The maximum atomic E-state index is 13.2. The average Bonchev–Trinajstić information content (AvgIpc) is 2.99. The van der Waals surface area contributed by atoms with Gasteiger partial charge in [-0.2, -0.15) is 0 Å². The van der Waals surface area contributed by atoms with Gasteiger partial charge < -0.3 is 19.3 Å². The lowest BCUT2D eigenvalue weighted by atomic mass is 9.88. The molecule has 6 heteroatoms. The third-order valence-corrected chi connectivity index (χ3v) is 5.69. The Kier molecular flexibility index (Phi) is 6.58. The van der Waals surface area contributed by atoms with Crippen molar-refractivity contribution >= 4 is 11.8 Å². The first-order chi connectivity index (χ1) is 13.2. The molecule has 0 bridgehead atoms. The van der Waals surface area contributed by atoms with E-state index in [0.29, 0.717) is 36.7 Å². The van der Waals surface area contributed by atoms with Crippen LogP contribution in [0.3, 0.4) is 0 Å². The van der Waals surface area contributed by atoms with Gasteiger partial charge in [0.1, 0.15) is 17.1 Å². The lowest BCUT2D eigenvalue weighted by Crippen LogP contribution is -2.40. The molecule has 0 aromatic heterocycles. The first-order valence-electron chi connectivity index (χ1n) is 9.94. The summed E-state index contributed by atoms with van der Waals surface area (Å²) in [5.74, 6) is 1.38. The van der Waals surface area contributed by atoms with Crippen LogP contribution in [0.15, 0.2) is 18.2 Å². The first kappa shape index (κ1) is 19.5. The van der Waals surface area contributed by atoms with Crippen LogP contribution in [0, 0.1) is 5.92 Å². The molecule has 148 valence electrons. The smallest absolute Gasteiger partial charge is 0.261 e. The third kappa shape index (κ3) is 4.37. The van der Waals surface area contributed by atoms with Gasteiger partial charge in [0, 0.05) is 32.1 Å². The highest BCUT2D eigenvalue weighted by Gasteiger charge is 2.30. The standard InChI is InChI=1S/C21H30N2O4/c1-26-17-10-6-11-18(27-2)19(17)21(25)23-13-7-12-22(14-15-23)20(24)16-8-4-3-5-9-16/h6,10-11,16H,3-5,7-9,12-15H2,1-2H3. The molecule has 0 unspecified atom stereocenters. The third-order valence-electron chi connectivity index (χ3n) is 5.69. The maximum absolute atomic E-state index is 13.2. The van der Waals surface area contributed by atoms with Crippen LogP contribution < -0.4 is 9.47 Å². The molecular formula is C21H30N2O4. The Balaban J connectivity index is 1.69. The number of hydrogen-bond donors (Lipinski definition) is 0. The van der Waals surface area contributed by atoms with Crippen molar-refractivity contribution in [1.82, 2.24) is 9.80 Å². The zero-order chi connectivity index (χ0) is 19.2. The lowest BCUT2D eigenvalue weighted by Gasteiger charge is -2.28. The topological polar surface area (TPSA) is 59.1 Å². The number of amides is 2. The van der Waals surface area contributed by atoms with Gasteiger partial charge in [-0.15, -0.1) is 0 Å². The number of nitrogens with zero attached hydrogens (tertiary/aromatic N) is 2. The van der Waals surface area contributed by atoms with Crippen LogP contribution in [0.4, 0.5) is 0 Å². The molecule has 1 heterocycles. The fourth-order valence-electron chi connectivity index (χ4n) is 4.17. The molecule has 1 saturated heterocycles. The summed E-state index contributed by atoms with van der Waals surface area (Å²) < 4.78 is 10.8. The van der Waals surface area contributed by atoms with Crippen LogP contribution >= 0.6 is 0 Å². The summed E-state index contributed by atoms with van der Waals surface area (Å²) in [6.07, 6.45) is 6.37. The Morgan fingerprint density at radius 1 is 0.852 bits per heavy atom. The summed E-state index contributed by atoms with van der Waals surface area (Å²) in [5.41, 5.74) is 0.453. The van der Waals surface area contributed by atoms with E-state index in [9.17, 15) is 9.59 Å². The minimum atomic E-state index is -0.101. The number of ether oxygens (including phenoxy) is 2. The van der Waals surface area contributed by atoms with E-state index in [4.69, 9.17) is 9.47 Å². The van der Waals surface area contributed by atoms with Gasteiger partial charge in [-0.05, 0) is 31.4 Å². The average molecular weight is 374 g/mol. The zero-order valence-corrected chi connectivity index (χ0v) is 16.4. The minimum absolute atomic E-state index is 0.101. The van der Waals surface area contributed by atoms with Crippen LogP contribution in [0.5, 0.6) is 11.5 Å². The van der Waals surface area contributed by atoms with Gasteiger partial charge in [-0.25, -0.2) is 0 Å². The van der Waals surface area contributed by atoms with Gasteiger partial charge in [0.25, 0.3) is 5.91 Å². The highest BCUT2D eigenvalue weighted by Crippen LogP contribution is 2.30. The SMILES string of the molecule is COc1cccc(OC)c1C(=O)N1CCCN(C(=O)C2CCCCC2)CC1. The summed E-state index contributed by atoms with van der Waals surface area (Å²) in [6, 6.07) is 5.35. The Morgan fingerprint density at radius 2 is 1.44 bits per heavy atom. The molecule has 1 aromatic carbocycles. The molecule has 1 aliphatic carbocycles. The minimum Gasteiger partial charge on any atom is -0.496 e. The van der Waals surface area contributed by atoms with E-state index < -0.39 is 0 Å². The van der Waals surface area contributed by atoms with E-state index in [2.05, 4.69) is 0 Å². The monoisotopic (exact) mass is 374 g/mol. The van der Waals surface area contributed by atoms with Crippen molar-refractivity contribution in [3.05, 3.63) is 23.8 Å². The number of methoxy groups -OCH3 is 2. The fourth-order valence-corrected chi connectivity index (χ4v) is 4.17. The van der Waals surface area contributed by atoms with Crippen LogP contribution in [0.25, 0.3) is 0 Å². The highest BCUT2D eigenvalue weighted by atomic mass is 16.5. The van der Waals surface area contributed by atoms with Crippen LogP contribution in [0.1, 0.15) is 48.9 Å². The Bertz CT molecular complexity index is 648. The molecule has 2 fully saturated rings. The van der Waals surface area contributed by atoms with Crippen molar-refractivity contribution in [2.75, 3.05) is 40.4 Å². The molecule has 3 rings (SSSR count). The number of rotatable bonds is 4. The Morgan fingerprint density at radius 3 is 2.07 bits per heavy atom. The van der Waals surface area contributed by atoms with Crippen molar-refractivity contribution in [3.8, 4) is 11.5 Å². The van der Waals surface area contributed by atoms with Crippen LogP contribution in [-0.2, 0) is 4.79 Å². The van der Waals surface area contributed by atoms with Gasteiger partial charge in [0.2, 0.25) is 5.91 Å². The summed E-state index contributed by atoms with van der Waals surface area (Å²) in [6.45, 7) is 2.49. The molecule has 6 nitrogen and oxygen atoms in total. The Hall–Kier alpha value is -2.24. The van der Waals surface area contributed by atoms with E-state index in [1.54, 1.807) is 32.4 Å². The second-order valence-electron chi connectivity index (χ2n) is 7.34. The largest absolute Gasteiger partial charge is 0.496 e. The molecular weight excluding hydrogens is 344 g/mol. The van der Waals surface area contributed by atoms with Crippen LogP contribution in [-0.4, -0.2) is 62.0 Å². The predicted molar refractivity (Wildman–Crippen MR) is 103 cm³/mol. The molecule has 1 aromatic rings. The number of carbonyl (C=O) groups is 2. The predicted octanol–water partition coefficient (Wildman–Crippen LogP) is 2.96. The number of carbonyl (C=O) groups excluding carboxylic acids is 2. The number of hydrogen-bond acceptors (Lipinski definition) is 4. The molecule has 0 N–H and O–H groups in total. The summed E-state index contributed by atoms with van der Waals surface area (Å²) >= 11 is 0. The van der Waals surface area contributed by atoms with Gasteiger partial charge in [0.05, 0.1) is 14.2 Å². The van der Waals surface area contributed by atoms with Gasteiger partial charge in [-0.1, -0.05) is 25.3 Å². The van der Waals surface area contributed by atoms with Gasteiger partial charge in [0.15, 0.2) is 0 Å². The van der Waals surface area contributed by atoms with Crippen LogP contribution in [0.2, 0.25) is 0 Å². The molecule has 0 spiro atoms. The van der Waals surface area contributed by atoms with Gasteiger partial charge >= 0.3 is 0 Å². The van der Waals surface area contributed by atoms with E-state index in [0.717, 1.165) is 38.6 Å². The zero-order valence-electron chi connectivity index (χ0n) is 16.4. The van der Waals surface area contributed by atoms with Crippen molar-refractivity contribution in [2.24, 2.45) is 5.92 Å². The first-order valence-corrected chi connectivity index (χ1v) is 9.94. The Labute approximate surface area is 161 Å².